The van der Waals surface area contributed by atoms with Gasteiger partial charge in [-0.25, -0.2) is 0 Å². The van der Waals surface area contributed by atoms with Crippen molar-refractivity contribution in [3.05, 3.63) is 45.4 Å². The maximum absolute atomic E-state index is 12.9. The van der Waals surface area contributed by atoms with Crippen LogP contribution in [-0.2, 0) is 6.18 Å². The van der Waals surface area contributed by atoms with E-state index < -0.39 is 11.7 Å². The summed E-state index contributed by atoms with van der Waals surface area (Å²) in [5.41, 5.74) is 1.22. The fraction of sp³-hybridized carbons (Fsp3) is 0.467. The Morgan fingerprint density at radius 3 is 2.55 bits per heavy atom. The molecule has 2 rings (SSSR count). The summed E-state index contributed by atoms with van der Waals surface area (Å²) >= 11 is 3.37. The SMILES string of the molecule is CNC(C1=CCCCC1)c1cc(C(F)(F)F)ccc1Br. The Kier molecular flexibility index (Phi) is 4.91. The Morgan fingerprint density at radius 2 is 2.00 bits per heavy atom. The quantitative estimate of drug-likeness (QED) is 0.738. The molecule has 0 saturated heterocycles. The molecule has 1 atom stereocenters. The number of hydrogen-bond acceptors (Lipinski definition) is 1. The maximum Gasteiger partial charge on any atom is 0.416 e. The fourth-order valence-corrected chi connectivity index (χ4v) is 3.08. The second-order valence-electron chi connectivity index (χ2n) is 4.98. The standard InChI is InChI=1S/C15H17BrF3N/c1-20-14(10-5-3-2-4-6-10)12-9-11(15(17,18)19)7-8-13(12)16/h5,7-9,14,20H,2-4,6H2,1H3. The Hall–Kier alpha value is -0.810. The van der Waals surface area contributed by atoms with Crippen molar-refractivity contribution in [1.82, 2.24) is 5.32 Å². The molecular weight excluding hydrogens is 331 g/mol. The minimum atomic E-state index is -4.31. The normalized spacial score (nSPS) is 17.8. The number of likely N-dealkylation sites (N-methyl/N-ethyl adjacent to an activating group) is 1. The topological polar surface area (TPSA) is 12.0 Å². The number of benzene rings is 1. The Labute approximate surface area is 125 Å². The second kappa shape index (κ2) is 6.31. The fourth-order valence-electron chi connectivity index (χ4n) is 2.61. The second-order valence-corrected chi connectivity index (χ2v) is 5.83. The van der Waals surface area contributed by atoms with Crippen LogP contribution in [0.2, 0.25) is 0 Å². The van der Waals surface area contributed by atoms with Crippen molar-refractivity contribution in [3.63, 3.8) is 0 Å². The number of alkyl halides is 3. The highest BCUT2D eigenvalue weighted by Gasteiger charge is 2.32. The number of nitrogens with one attached hydrogen (secondary N) is 1. The summed E-state index contributed by atoms with van der Waals surface area (Å²) < 4.78 is 39.3. The summed E-state index contributed by atoms with van der Waals surface area (Å²) in [7, 11) is 1.78. The first kappa shape index (κ1) is 15.6. The van der Waals surface area contributed by atoms with E-state index in [1.54, 1.807) is 7.05 Å². The summed E-state index contributed by atoms with van der Waals surface area (Å²) in [4.78, 5) is 0. The number of rotatable bonds is 3. The van der Waals surface area contributed by atoms with E-state index in [1.165, 1.54) is 17.7 Å². The first-order valence-corrected chi connectivity index (χ1v) is 7.45. The van der Waals surface area contributed by atoms with Gasteiger partial charge >= 0.3 is 6.18 Å². The van der Waals surface area contributed by atoms with Crippen molar-refractivity contribution in [2.24, 2.45) is 0 Å². The molecule has 0 saturated carbocycles. The Morgan fingerprint density at radius 1 is 1.25 bits per heavy atom. The van der Waals surface area contributed by atoms with Gasteiger partial charge in [0, 0.05) is 4.47 Å². The summed E-state index contributed by atoms with van der Waals surface area (Å²) in [5, 5.41) is 3.14. The van der Waals surface area contributed by atoms with E-state index in [0.717, 1.165) is 31.7 Å². The first-order valence-electron chi connectivity index (χ1n) is 6.66. The highest BCUT2D eigenvalue weighted by atomic mass is 79.9. The molecule has 1 N–H and O–H groups in total. The Balaban J connectivity index is 2.40. The van der Waals surface area contributed by atoms with Crippen LogP contribution in [0, 0.1) is 0 Å². The molecule has 0 amide bonds. The summed E-state index contributed by atoms with van der Waals surface area (Å²) in [6, 6.07) is 3.66. The smallest absolute Gasteiger partial charge is 0.310 e. The van der Waals surface area contributed by atoms with E-state index in [0.29, 0.717) is 10.0 Å². The molecule has 0 bridgehead atoms. The van der Waals surface area contributed by atoms with Crippen LogP contribution in [-0.4, -0.2) is 7.05 Å². The molecule has 0 heterocycles. The van der Waals surface area contributed by atoms with Gasteiger partial charge in [-0.05, 0) is 56.5 Å². The molecule has 5 heteroatoms. The van der Waals surface area contributed by atoms with Crippen LogP contribution < -0.4 is 5.32 Å². The highest BCUT2D eigenvalue weighted by molar-refractivity contribution is 9.10. The zero-order valence-corrected chi connectivity index (χ0v) is 12.8. The van der Waals surface area contributed by atoms with Gasteiger partial charge in [-0.3, -0.25) is 0 Å². The van der Waals surface area contributed by atoms with Crippen LogP contribution in [0.4, 0.5) is 13.2 Å². The predicted octanol–water partition coefficient (Wildman–Crippen LogP) is 5.23. The van der Waals surface area contributed by atoms with Gasteiger partial charge in [-0.1, -0.05) is 27.6 Å². The first-order chi connectivity index (χ1) is 9.43. The molecule has 20 heavy (non-hydrogen) atoms. The third-order valence-electron chi connectivity index (χ3n) is 3.62. The molecule has 1 unspecified atom stereocenters. The van der Waals surface area contributed by atoms with Crippen molar-refractivity contribution in [2.45, 2.75) is 37.9 Å². The van der Waals surface area contributed by atoms with Gasteiger partial charge in [0.15, 0.2) is 0 Å². The highest BCUT2D eigenvalue weighted by Crippen LogP contribution is 2.37. The third-order valence-corrected chi connectivity index (χ3v) is 4.34. The minimum Gasteiger partial charge on any atom is -0.310 e. The molecule has 0 aliphatic heterocycles. The molecule has 1 aliphatic carbocycles. The predicted molar refractivity (Wildman–Crippen MR) is 77.5 cm³/mol. The zero-order chi connectivity index (χ0) is 14.8. The van der Waals surface area contributed by atoms with Crippen molar-refractivity contribution in [3.8, 4) is 0 Å². The number of halogens is 4. The lowest BCUT2D eigenvalue weighted by molar-refractivity contribution is -0.137. The summed E-state index contributed by atoms with van der Waals surface area (Å²) in [5.74, 6) is 0. The lowest BCUT2D eigenvalue weighted by Crippen LogP contribution is -2.21. The van der Waals surface area contributed by atoms with Crippen LogP contribution >= 0.6 is 15.9 Å². The molecule has 0 fully saturated rings. The minimum absolute atomic E-state index is 0.160. The van der Waals surface area contributed by atoms with Gasteiger partial charge < -0.3 is 5.32 Å². The van der Waals surface area contributed by atoms with Gasteiger partial charge in [0.2, 0.25) is 0 Å². The molecule has 110 valence electrons. The lowest BCUT2D eigenvalue weighted by atomic mass is 9.89. The van der Waals surface area contributed by atoms with Crippen molar-refractivity contribution >= 4 is 15.9 Å². The van der Waals surface area contributed by atoms with E-state index in [2.05, 4.69) is 27.3 Å². The summed E-state index contributed by atoms with van der Waals surface area (Å²) in [6.45, 7) is 0. The van der Waals surface area contributed by atoms with Crippen molar-refractivity contribution < 1.29 is 13.2 Å². The maximum atomic E-state index is 12.9. The molecular formula is C15H17BrF3N. The average Bonchev–Trinajstić information content (AvgIpc) is 2.41. The van der Waals surface area contributed by atoms with Crippen LogP contribution in [0.25, 0.3) is 0 Å². The Bertz CT molecular complexity index is 508. The van der Waals surface area contributed by atoms with Crippen LogP contribution in [0.5, 0.6) is 0 Å². The number of hydrogen-bond donors (Lipinski definition) is 1. The van der Waals surface area contributed by atoms with E-state index >= 15 is 0 Å². The van der Waals surface area contributed by atoms with E-state index in [-0.39, 0.29) is 6.04 Å². The van der Waals surface area contributed by atoms with E-state index in [4.69, 9.17) is 0 Å². The van der Waals surface area contributed by atoms with Crippen molar-refractivity contribution in [1.29, 1.82) is 0 Å². The van der Waals surface area contributed by atoms with Gasteiger partial charge in [-0.15, -0.1) is 0 Å². The van der Waals surface area contributed by atoms with Gasteiger partial charge in [-0.2, -0.15) is 13.2 Å². The molecule has 1 aliphatic rings. The molecule has 1 aromatic rings. The lowest BCUT2D eigenvalue weighted by Gasteiger charge is -2.25. The molecule has 0 radical (unpaired) electrons. The average molecular weight is 348 g/mol. The molecule has 1 aromatic carbocycles. The van der Waals surface area contributed by atoms with Crippen LogP contribution in [0.15, 0.2) is 34.3 Å². The van der Waals surface area contributed by atoms with Crippen LogP contribution in [0.1, 0.15) is 42.9 Å². The molecule has 0 spiro atoms. The summed E-state index contributed by atoms with van der Waals surface area (Å²) in [6.07, 6.45) is 2.04. The van der Waals surface area contributed by atoms with Gasteiger partial charge in [0.1, 0.15) is 0 Å². The van der Waals surface area contributed by atoms with Gasteiger partial charge in [0.25, 0.3) is 0 Å². The zero-order valence-electron chi connectivity index (χ0n) is 11.2. The third kappa shape index (κ3) is 3.44. The largest absolute Gasteiger partial charge is 0.416 e. The number of allylic oxidation sites excluding steroid dienone is 1. The van der Waals surface area contributed by atoms with Crippen molar-refractivity contribution in [2.75, 3.05) is 7.05 Å². The van der Waals surface area contributed by atoms with E-state index in [1.807, 2.05) is 0 Å². The molecule has 1 nitrogen and oxygen atoms in total. The van der Waals surface area contributed by atoms with Gasteiger partial charge in [0.05, 0.1) is 11.6 Å². The molecule has 0 aromatic heterocycles. The van der Waals surface area contributed by atoms with Crippen LogP contribution in [0.3, 0.4) is 0 Å². The van der Waals surface area contributed by atoms with E-state index in [9.17, 15) is 13.2 Å². The monoisotopic (exact) mass is 347 g/mol.